The van der Waals surface area contributed by atoms with E-state index in [9.17, 15) is 14.5 Å². The maximum atomic E-state index is 11.8. The molecule has 0 rings (SSSR count). The van der Waals surface area contributed by atoms with E-state index in [-0.39, 0.29) is 6.33 Å². The van der Waals surface area contributed by atoms with E-state index in [0.29, 0.717) is 5.57 Å². The van der Waals surface area contributed by atoms with Gasteiger partial charge >= 0.3 is 0 Å². The molecule has 0 bridgehead atoms. The van der Waals surface area contributed by atoms with Crippen LogP contribution in [0, 0.1) is 10.1 Å². The summed E-state index contributed by atoms with van der Waals surface area (Å²) in [6, 6.07) is 0. The van der Waals surface area contributed by atoms with Crippen molar-refractivity contribution in [2.45, 2.75) is 0 Å². The largest absolute Gasteiger partial charge is 0.297 e. The number of rotatable bonds is 4. The van der Waals surface area contributed by atoms with E-state index in [0.717, 1.165) is 6.08 Å². The molecule has 0 atom stereocenters. The monoisotopic (exact) mass is 169 g/mol. The lowest BCUT2D eigenvalue weighted by atomic mass is 10.2. The molecule has 0 aromatic carbocycles. The molecular weight excluding hydrogens is 161 g/mol. The van der Waals surface area contributed by atoms with Crippen LogP contribution in [0.4, 0.5) is 4.39 Å². The Morgan fingerprint density at radius 1 is 1.50 bits per heavy atom. The Morgan fingerprint density at radius 2 is 2.08 bits per heavy atom. The van der Waals surface area contributed by atoms with Gasteiger partial charge in [-0.3, -0.25) is 10.1 Å². The zero-order chi connectivity index (χ0) is 9.56. The molecule has 0 aliphatic heterocycles. The normalized spacial score (nSPS) is 11.6. The van der Waals surface area contributed by atoms with E-state index in [1.165, 1.54) is 12.2 Å². The highest BCUT2D eigenvalue weighted by molar-refractivity contribution is 5.28. The van der Waals surface area contributed by atoms with Crippen LogP contribution in [0.3, 0.4) is 0 Å². The third kappa shape index (κ3) is 3.46. The number of halogens is 1. The first-order chi connectivity index (χ1) is 5.61. The molecule has 3 nitrogen and oxygen atoms in total. The molecule has 0 aromatic heterocycles. The molecule has 0 aliphatic rings. The highest BCUT2D eigenvalue weighted by atomic mass is 19.1. The minimum atomic E-state index is -0.827. The Morgan fingerprint density at radius 3 is 2.42 bits per heavy atom. The number of nitrogens with zero attached hydrogens (tertiary/aromatic N) is 1. The van der Waals surface area contributed by atoms with Crippen LogP contribution < -0.4 is 0 Å². The van der Waals surface area contributed by atoms with Gasteiger partial charge in [0.25, 0.3) is 5.70 Å². The second kappa shape index (κ2) is 5.01. The fourth-order valence-corrected chi connectivity index (χ4v) is 0.398. The Labute approximate surface area is 69.4 Å². The molecule has 0 amide bonds. The van der Waals surface area contributed by atoms with Gasteiger partial charge in [-0.15, -0.1) is 0 Å². The lowest BCUT2D eigenvalue weighted by molar-refractivity contribution is -0.420. The summed E-state index contributed by atoms with van der Waals surface area (Å²) in [7, 11) is 0. The van der Waals surface area contributed by atoms with Crippen LogP contribution in [-0.4, -0.2) is 4.92 Å². The molecule has 0 saturated heterocycles. The quantitative estimate of drug-likeness (QED) is 0.368. The van der Waals surface area contributed by atoms with E-state index in [1.807, 2.05) is 0 Å². The predicted molar refractivity (Wildman–Crippen MR) is 44.7 cm³/mol. The standard InChI is InChI=1S/C8H8FNO2/c1-3-7(2)4-5-8(6-9)10(11)12/h3-6H,1-2H2/b5-4-,8-6-. The highest BCUT2D eigenvalue weighted by Crippen LogP contribution is 2.01. The number of hydrogen-bond donors (Lipinski definition) is 0. The summed E-state index contributed by atoms with van der Waals surface area (Å²) in [5, 5.41) is 10.0. The van der Waals surface area contributed by atoms with Gasteiger partial charge in [-0.25, -0.2) is 4.39 Å². The third-order valence-corrected chi connectivity index (χ3v) is 1.05. The summed E-state index contributed by atoms with van der Waals surface area (Å²) < 4.78 is 11.8. The van der Waals surface area contributed by atoms with E-state index < -0.39 is 10.6 Å². The fourth-order valence-electron chi connectivity index (χ4n) is 0.398. The lowest BCUT2D eigenvalue weighted by Crippen LogP contribution is -1.93. The highest BCUT2D eigenvalue weighted by Gasteiger charge is 2.03. The Bertz CT molecular complexity index is 266. The predicted octanol–water partition coefficient (Wildman–Crippen LogP) is 2.37. The molecule has 64 valence electrons. The van der Waals surface area contributed by atoms with Crippen molar-refractivity contribution in [3.63, 3.8) is 0 Å². The SMILES string of the molecule is C=CC(=C)/C=C\C(=C\F)[N+](=O)[O-]. The van der Waals surface area contributed by atoms with Crippen LogP contribution >= 0.6 is 0 Å². The van der Waals surface area contributed by atoms with Gasteiger partial charge in [0.05, 0.1) is 4.92 Å². The van der Waals surface area contributed by atoms with Crippen molar-refractivity contribution < 1.29 is 9.31 Å². The summed E-state index contributed by atoms with van der Waals surface area (Å²) in [6.45, 7) is 6.84. The van der Waals surface area contributed by atoms with Crippen molar-refractivity contribution in [1.82, 2.24) is 0 Å². The van der Waals surface area contributed by atoms with Crippen LogP contribution in [-0.2, 0) is 0 Å². The molecule has 0 unspecified atom stereocenters. The molecule has 0 N–H and O–H groups in total. The van der Waals surface area contributed by atoms with E-state index in [4.69, 9.17) is 0 Å². The van der Waals surface area contributed by atoms with E-state index in [1.54, 1.807) is 0 Å². The number of hydrogen-bond acceptors (Lipinski definition) is 2. The second-order valence-corrected chi connectivity index (χ2v) is 1.90. The summed E-state index contributed by atoms with van der Waals surface area (Å²) in [5.41, 5.74) is -0.130. The summed E-state index contributed by atoms with van der Waals surface area (Å²) >= 11 is 0. The van der Waals surface area contributed by atoms with Gasteiger partial charge < -0.3 is 0 Å². The van der Waals surface area contributed by atoms with Crippen LogP contribution in [0.2, 0.25) is 0 Å². The summed E-state index contributed by atoms with van der Waals surface area (Å²) in [6.07, 6.45) is 3.66. The first-order valence-electron chi connectivity index (χ1n) is 3.06. The topological polar surface area (TPSA) is 43.1 Å². The molecular formula is C8H8FNO2. The summed E-state index contributed by atoms with van der Waals surface area (Å²) in [4.78, 5) is 9.20. The fraction of sp³-hybridized carbons (Fsp3) is 0. The Hall–Kier alpha value is -1.71. The Kier molecular flexibility index (Phi) is 4.30. The number of allylic oxidation sites excluding steroid dienone is 4. The minimum absolute atomic E-state index is 0.0765. The van der Waals surface area contributed by atoms with Crippen LogP contribution in [0.25, 0.3) is 0 Å². The average Bonchev–Trinajstić information content (AvgIpc) is 2.04. The van der Waals surface area contributed by atoms with Gasteiger partial charge in [-0.05, 0) is 11.6 Å². The first-order valence-corrected chi connectivity index (χ1v) is 3.06. The molecule has 0 spiro atoms. The zero-order valence-electron chi connectivity index (χ0n) is 6.37. The van der Waals surface area contributed by atoms with Crippen molar-refractivity contribution >= 4 is 0 Å². The summed E-state index contributed by atoms with van der Waals surface area (Å²) in [5.74, 6) is 0. The van der Waals surface area contributed by atoms with Crippen molar-refractivity contribution in [1.29, 1.82) is 0 Å². The van der Waals surface area contributed by atoms with Gasteiger partial charge in [-0.1, -0.05) is 19.2 Å². The Balaban J connectivity index is 4.42. The van der Waals surface area contributed by atoms with Crippen LogP contribution in [0.1, 0.15) is 0 Å². The molecule has 0 aromatic rings. The molecule has 12 heavy (non-hydrogen) atoms. The van der Waals surface area contributed by atoms with Gasteiger partial charge in [0.2, 0.25) is 0 Å². The van der Waals surface area contributed by atoms with E-state index in [2.05, 4.69) is 13.2 Å². The zero-order valence-corrected chi connectivity index (χ0v) is 6.37. The van der Waals surface area contributed by atoms with Gasteiger partial charge in [0.15, 0.2) is 6.33 Å². The maximum Gasteiger partial charge on any atom is 0.297 e. The van der Waals surface area contributed by atoms with Crippen molar-refractivity contribution in [2.24, 2.45) is 0 Å². The van der Waals surface area contributed by atoms with E-state index >= 15 is 0 Å². The molecule has 0 radical (unpaired) electrons. The van der Waals surface area contributed by atoms with Gasteiger partial charge in [0.1, 0.15) is 0 Å². The molecule has 0 fully saturated rings. The van der Waals surface area contributed by atoms with Crippen molar-refractivity contribution in [3.8, 4) is 0 Å². The van der Waals surface area contributed by atoms with Crippen LogP contribution in [0.5, 0.6) is 0 Å². The molecule has 0 aliphatic carbocycles. The average molecular weight is 169 g/mol. The maximum absolute atomic E-state index is 11.8. The molecule has 0 heterocycles. The van der Waals surface area contributed by atoms with Gasteiger partial charge in [0, 0.05) is 6.08 Å². The molecule has 4 heteroatoms. The third-order valence-electron chi connectivity index (χ3n) is 1.05. The van der Waals surface area contributed by atoms with Crippen LogP contribution in [0.15, 0.2) is 49.0 Å². The smallest absolute Gasteiger partial charge is 0.258 e. The first kappa shape index (κ1) is 10.3. The van der Waals surface area contributed by atoms with Gasteiger partial charge in [-0.2, -0.15) is 0 Å². The minimum Gasteiger partial charge on any atom is -0.258 e. The second-order valence-electron chi connectivity index (χ2n) is 1.90. The lowest BCUT2D eigenvalue weighted by Gasteiger charge is -1.87. The van der Waals surface area contributed by atoms with Crippen molar-refractivity contribution in [2.75, 3.05) is 0 Å². The van der Waals surface area contributed by atoms with Crippen molar-refractivity contribution in [3.05, 3.63) is 59.1 Å². The molecule has 0 saturated carbocycles. The number of nitro groups is 1.